The second kappa shape index (κ2) is 6.53. The molecule has 1 amide bonds. The Morgan fingerprint density at radius 2 is 1.80 bits per heavy atom. The summed E-state index contributed by atoms with van der Waals surface area (Å²) < 4.78 is 27.0. The lowest BCUT2D eigenvalue weighted by molar-refractivity contribution is -0.122. The van der Waals surface area contributed by atoms with E-state index in [0.717, 1.165) is 44.2 Å². The molecule has 20 heavy (non-hydrogen) atoms. The number of carbonyl (C=O) groups excluding carboxylic acids is 1. The van der Waals surface area contributed by atoms with E-state index in [1.807, 2.05) is 0 Å². The fourth-order valence-electron chi connectivity index (χ4n) is 2.72. The Balaban J connectivity index is 2.05. The molecule has 0 aliphatic heterocycles. The first kappa shape index (κ1) is 15.2. The highest BCUT2D eigenvalue weighted by atomic mass is 35.5. The number of rotatable bonds is 4. The predicted molar refractivity (Wildman–Crippen MR) is 74.7 cm³/mol. The van der Waals surface area contributed by atoms with E-state index in [2.05, 4.69) is 5.32 Å². The fourth-order valence-corrected chi connectivity index (χ4v) is 3.06. The van der Waals surface area contributed by atoms with Gasteiger partial charge in [-0.15, -0.1) is 11.6 Å². The molecular formula is C15H18ClF2NO. The van der Waals surface area contributed by atoms with E-state index in [9.17, 15) is 13.6 Å². The van der Waals surface area contributed by atoms with Gasteiger partial charge in [0.2, 0.25) is 5.91 Å². The van der Waals surface area contributed by atoms with Crippen LogP contribution in [-0.2, 0) is 11.2 Å². The molecule has 1 aliphatic rings. The van der Waals surface area contributed by atoms with Crippen LogP contribution in [-0.4, -0.2) is 17.3 Å². The first-order valence-electron chi connectivity index (χ1n) is 6.86. The number of nitrogens with one attached hydrogen (secondary N) is 1. The topological polar surface area (TPSA) is 29.1 Å². The summed E-state index contributed by atoms with van der Waals surface area (Å²) in [6.45, 7) is 0. The SMILES string of the molecule is O=C(Cc1c(F)cccc1F)NC1(CCl)CCCCC1. The minimum Gasteiger partial charge on any atom is -0.349 e. The van der Waals surface area contributed by atoms with Gasteiger partial charge in [-0.1, -0.05) is 25.3 Å². The van der Waals surface area contributed by atoms with Crippen LogP contribution < -0.4 is 5.32 Å². The van der Waals surface area contributed by atoms with Crippen molar-refractivity contribution in [1.29, 1.82) is 0 Å². The molecule has 0 atom stereocenters. The summed E-state index contributed by atoms with van der Waals surface area (Å²) in [6.07, 6.45) is 4.51. The smallest absolute Gasteiger partial charge is 0.225 e. The summed E-state index contributed by atoms with van der Waals surface area (Å²) in [5, 5.41) is 2.88. The van der Waals surface area contributed by atoms with Gasteiger partial charge < -0.3 is 5.32 Å². The first-order valence-corrected chi connectivity index (χ1v) is 7.40. The third kappa shape index (κ3) is 3.48. The number of alkyl halides is 1. The molecule has 1 saturated carbocycles. The fraction of sp³-hybridized carbons (Fsp3) is 0.533. The molecule has 0 radical (unpaired) electrons. The Morgan fingerprint density at radius 1 is 1.20 bits per heavy atom. The molecule has 1 aliphatic carbocycles. The lowest BCUT2D eigenvalue weighted by atomic mass is 9.83. The molecule has 5 heteroatoms. The van der Waals surface area contributed by atoms with E-state index < -0.39 is 17.2 Å². The molecule has 2 rings (SSSR count). The largest absolute Gasteiger partial charge is 0.349 e. The molecule has 1 aromatic rings. The van der Waals surface area contributed by atoms with Crippen molar-refractivity contribution < 1.29 is 13.6 Å². The molecule has 1 N–H and O–H groups in total. The predicted octanol–water partition coefficient (Wildman–Crippen LogP) is 3.57. The van der Waals surface area contributed by atoms with Crippen LogP contribution in [0.3, 0.4) is 0 Å². The third-order valence-corrected chi connectivity index (χ3v) is 4.38. The van der Waals surface area contributed by atoms with Crippen molar-refractivity contribution in [3.05, 3.63) is 35.4 Å². The summed E-state index contributed by atoms with van der Waals surface area (Å²) in [5.41, 5.74) is -0.607. The Labute approximate surface area is 122 Å². The average molecular weight is 302 g/mol. The standard InChI is InChI=1S/C15H18ClF2NO/c16-10-15(7-2-1-3-8-15)19-14(20)9-11-12(17)5-4-6-13(11)18/h4-6H,1-3,7-10H2,(H,19,20). The average Bonchev–Trinajstić information content (AvgIpc) is 2.44. The van der Waals surface area contributed by atoms with E-state index in [1.54, 1.807) is 0 Å². The van der Waals surface area contributed by atoms with Crippen LogP contribution in [0.1, 0.15) is 37.7 Å². The molecule has 0 unspecified atom stereocenters. The van der Waals surface area contributed by atoms with Crippen molar-refractivity contribution in [2.75, 3.05) is 5.88 Å². The highest BCUT2D eigenvalue weighted by Gasteiger charge is 2.32. The summed E-state index contributed by atoms with van der Waals surface area (Å²) in [5.74, 6) is -1.43. The Bertz CT molecular complexity index is 467. The molecule has 0 bridgehead atoms. The summed E-state index contributed by atoms with van der Waals surface area (Å²) in [6, 6.07) is 3.60. The van der Waals surface area contributed by atoms with Crippen molar-refractivity contribution in [3.63, 3.8) is 0 Å². The van der Waals surface area contributed by atoms with Crippen molar-refractivity contribution >= 4 is 17.5 Å². The number of benzene rings is 1. The van der Waals surface area contributed by atoms with Crippen LogP contribution in [0.25, 0.3) is 0 Å². The van der Waals surface area contributed by atoms with Gasteiger partial charge in [-0.25, -0.2) is 8.78 Å². The van der Waals surface area contributed by atoms with Gasteiger partial charge in [0.1, 0.15) is 11.6 Å². The molecule has 0 heterocycles. The molecule has 1 aromatic carbocycles. The van der Waals surface area contributed by atoms with Gasteiger partial charge in [0.05, 0.1) is 12.0 Å². The Hall–Kier alpha value is -1.16. The van der Waals surface area contributed by atoms with E-state index >= 15 is 0 Å². The van der Waals surface area contributed by atoms with E-state index in [-0.39, 0.29) is 17.9 Å². The normalized spacial score (nSPS) is 17.8. The van der Waals surface area contributed by atoms with Crippen LogP contribution >= 0.6 is 11.6 Å². The van der Waals surface area contributed by atoms with Gasteiger partial charge >= 0.3 is 0 Å². The maximum atomic E-state index is 13.5. The van der Waals surface area contributed by atoms with Gasteiger partial charge in [-0.3, -0.25) is 4.79 Å². The lowest BCUT2D eigenvalue weighted by Gasteiger charge is -2.36. The second-order valence-electron chi connectivity index (χ2n) is 5.40. The molecule has 0 spiro atoms. The van der Waals surface area contributed by atoms with Gasteiger partial charge in [-0.05, 0) is 25.0 Å². The zero-order valence-corrected chi connectivity index (χ0v) is 12.0. The number of carbonyl (C=O) groups is 1. The third-order valence-electron chi connectivity index (χ3n) is 3.87. The second-order valence-corrected chi connectivity index (χ2v) is 5.67. The van der Waals surface area contributed by atoms with Crippen LogP contribution in [0.2, 0.25) is 0 Å². The van der Waals surface area contributed by atoms with Crippen LogP contribution in [0.15, 0.2) is 18.2 Å². The molecule has 1 fully saturated rings. The minimum absolute atomic E-state index is 0.189. The van der Waals surface area contributed by atoms with Crippen molar-refractivity contribution in [1.82, 2.24) is 5.32 Å². The zero-order valence-electron chi connectivity index (χ0n) is 11.2. The highest BCUT2D eigenvalue weighted by molar-refractivity contribution is 6.18. The van der Waals surface area contributed by atoms with Gasteiger partial charge in [-0.2, -0.15) is 0 Å². The van der Waals surface area contributed by atoms with Crippen LogP contribution in [0.5, 0.6) is 0 Å². The van der Waals surface area contributed by atoms with Crippen LogP contribution in [0, 0.1) is 11.6 Å². The van der Waals surface area contributed by atoms with Crippen molar-refractivity contribution in [2.45, 2.75) is 44.1 Å². The number of hydrogen-bond donors (Lipinski definition) is 1. The molecule has 2 nitrogen and oxygen atoms in total. The number of halogens is 3. The molecular weight excluding hydrogens is 284 g/mol. The highest BCUT2D eigenvalue weighted by Crippen LogP contribution is 2.29. The number of amides is 1. The molecule has 0 saturated heterocycles. The summed E-state index contributed by atoms with van der Waals surface area (Å²) in [7, 11) is 0. The van der Waals surface area contributed by atoms with Gasteiger partial charge in [0, 0.05) is 11.4 Å². The number of hydrogen-bond acceptors (Lipinski definition) is 1. The van der Waals surface area contributed by atoms with Crippen molar-refractivity contribution in [3.8, 4) is 0 Å². The zero-order chi connectivity index (χ0) is 14.6. The van der Waals surface area contributed by atoms with E-state index in [4.69, 9.17) is 11.6 Å². The Morgan fingerprint density at radius 3 is 2.35 bits per heavy atom. The van der Waals surface area contributed by atoms with E-state index in [1.165, 1.54) is 6.07 Å². The quantitative estimate of drug-likeness (QED) is 0.847. The van der Waals surface area contributed by atoms with E-state index in [0.29, 0.717) is 5.88 Å². The maximum absolute atomic E-state index is 13.5. The lowest BCUT2D eigenvalue weighted by Crippen LogP contribution is -2.51. The molecule has 110 valence electrons. The maximum Gasteiger partial charge on any atom is 0.225 e. The Kier molecular flexibility index (Phi) is 4.97. The monoisotopic (exact) mass is 301 g/mol. The summed E-state index contributed by atoms with van der Waals surface area (Å²) in [4.78, 5) is 12.0. The van der Waals surface area contributed by atoms with Gasteiger partial charge in [0.25, 0.3) is 0 Å². The summed E-state index contributed by atoms with van der Waals surface area (Å²) >= 11 is 5.98. The van der Waals surface area contributed by atoms with Crippen LogP contribution in [0.4, 0.5) is 8.78 Å². The van der Waals surface area contributed by atoms with Gasteiger partial charge in [0.15, 0.2) is 0 Å². The van der Waals surface area contributed by atoms with Crippen molar-refractivity contribution in [2.24, 2.45) is 0 Å². The molecule has 0 aromatic heterocycles. The minimum atomic E-state index is -0.691. The first-order chi connectivity index (χ1) is 9.56.